The average Bonchev–Trinajstić information content (AvgIpc) is 2.68. The van der Waals surface area contributed by atoms with E-state index in [1.165, 1.54) is 64.0 Å². The Kier molecular flexibility index (Phi) is 7.50. The first-order chi connectivity index (χ1) is 13.0. The number of anilines is 1. The smallest absolute Gasteiger partial charge is 0.173 e. The van der Waals surface area contributed by atoms with E-state index < -0.39 is 0 Å². The van der Waals surface area contributed by atoms with Crippen molar-refractivity contribution in [1.29, 1.82) is 0 Å². The quantitative estimate of drug-likeness (QED) is 0.768. The van der Waals surface area contributed by atoms with Crippen LogP contribution in [0.3, 0.4) is 0 Å². The van der Waals surface area contributed by atoms with Gasteiger partial charge >= 0.3 is 0 Å². The number of likely N-dealkylation sites (N-methyl/N-ethyl adjacent to an activating group) is 1. The van der Waals surface area contributed by atoms with Gasteiger partial charge in [-0.2, -0.15) is 0 Å². The summed E-state index contributed by atoms with van der Waals surface area (Å²) in [5.41, 5.74) is 2.47. The minimum absolute atomic E-state index is 0.562. The number of nitrogens with zero attached hydrogens (tertiary/aromatic N) is 3. The molecule has 5 heteroatoms. The van der Waals surface area contributed by atoms with Gasteiger partial charge in [-0.05, 0) is 68.6 Å². The van der Waals surface area contributed by atoms with Crippen LogP contribution in [0, 0.1) is 0 Å². The lowest BCUT2D eigenvalue weighted by Gasteiger charge is -2.39. The minimum Gasteiger partial charge on any atom is -0.346 e. The van der Waals surface area contributed by atoms with E-state index >= 15 is 0 Å². The van der Waals surface area contributed by atoms with E-state index in [-0.39, 0.29) is 0 Å². The highest BCUT2D eigenvalue weighted by Gasteiger charge is 2.25. The predicted molar refractivity (Wildman–Crippen MR) is 120 cm³/mol. The number of nitrogens with one attached hydrogen (secondary N) is 1. The fourth-order valence-corrected chi connectivity index (χ4v) is 4.48. The molecule has 3 rings (SSSR count). The van der Waals surface area contributed by atoms with Crippen molar-refractivity contribution in [2.45, 2.75) is 51.5 Å². The molecule has 0 unspecified atom stereocenters. The number of rotatable bonds is 5. The molecule has 2 saturated heterocycles. The molecule has 0 aliphatic carbocycles. The van der Waals surface area contributed by atoms with Crippen molar-refractivity contribution in [3.05, 3.63) is 29.8 Å². The van der Waals surface area contributed by atoms with Crippen LogP contribution in [0.5, 0.6) is 0 Å². The van der Waals surface area contributed by atoms with Crippen molar-refractivity contribution in [3.8, 4) is 0 Å². The maximum absolute atomic E-state index is 5.80. The Morgan fingerprint density at radius 1 is 1.07 bits per heavy atom. The summed E-state index contributed by atoms with van der Waals surface area (Å²) >= 11 is 5.80. The summed E-state index contributed by atoms with van der Waals surface area (Å²) in [6.07, 6.45) is 5.06. The number of piperidine rings is 1. The third-order valence-electron chi connectivity index (χ3n) is 6.09. The van der Waals surface area contributed by atoms with Gasteiger partial charge in [0.25, 0.3) is 0 Å². The number of hydrogen-bond donors (Lipinski definition) is 1. The molecule has 2 fully saturated rings. The summed E-state index contributed by atoms with van der Waals surface area (Å²) in [5.74, 6) is 0.562. The van der Waals surface area contributed by atoms with Gasteiger partial charge in [-0.3, -0.25) is 0 Å². The lowest BCUT2D eigenvalue weighted by Crippen LogP contribution is -2.49. The summed E-state index contributed by atoms with van der Waals surface area (Å²) in [6, 6.07) is 9.30. The van der Waals surface area contributed by atoms with E-state index in [4.69, 9.17) is 12.2 Å². The lowest BCUT2D eigenvalue weighted by molar-refractivity contribution is 0.135. The monoisotopic (exact) mass is 388 g/mol. The van der Waals surface area contributed by atoms with Crippen LogP contribution in [0.2, 0.25) is 0 Å². The first-order valence-electron chi connectivity index (χ1n) is 10.6. The molecule has 0 spiro atoms. The molecule has 1 aromatic carbocycles. The number of piperazine rings is 1. The number of benzene rings is 1. The van der Waals surface area contributed by atoms with Crippen LogP contribution in [-0.2, 0) is 0 Å². The second kappa shape index (κ2) is 9.85. The average molecular weight is 389 g/mol. The Morgan fingerprint density at radius 2 is 1.78 bits per heavy atom. The second-order valence-corrected chi connectivity index (χ2v) is 8.87. The Bertz CT molecular complexity index is 593. The summed E-state index contributed by atoms with van der Waals surface area (Å²) in [5, 5.41) is 4.39. The van der Waals surface area contributed by atoms with Crippen molar-refractivity contribution >= 4 is 23.0 Å². The van der Waals surface area contributed by atoms with E-state index in [0.29, 0.717) is 12.0 Å². The maximum Gasteiger partial charge on any atom is 0.173 e. The number of likely N-dealkylation sites (tertiary alicyclic amines) is 1. The van der Waals surface area contributed by atoms with Gasteiger partial charge in [0.15, 0.2) is 5.11 Å². The second-order valence-electron chi connectivity index (χ2n) is 8.48. The molecule has 0 radical (unpaired) electrons. The highest BCUT2D eigenvalue weighted by molar-refractivity contribution is 7.80. The molecule has 0 amide bonds. The molecule has 2 aliphatic heterocycles. The lowest BCUT2D eigenvalue weighted by atomic mass is 9.99. The fraction of sp³-hybridized carbons (Fsp3) is 0.682. The topological polar surface area (TPSA) is 21.8 Å². The van der Waals surface area contributed by atoms with Crippen LogP contribution in [0.25, 0.3) is 0 Å². The van der Waals surface area contributed by atoms with Crippen molar-refractivity contribution in [3.63, 3.8) is 0 Å². The van der Waals surface area contributed by atoms with Gasteiger partial charge in [-0.1, -0.05) is 26.0 Å². The molecule has 0 aromatic heterocycles. The molecule has 27 heavy (non-hydrogen) atoms. The van der Waals surface area contributed by atoms with Gasteiger partial charge in [0, 0.05) is 51.0 Å². The normalized spacial score (nSPS) is 22.2. The SMILES string of the molecule is CC(C)c1ccc(NC(=S)N2CCCC[C@H]2CCN2CCN(C)CC2)cc1. The van der Waals surface area contributed by atoms with Crippen molar-refractivity contribution in [1.82, 2.24) is 14.7 Å². The van der Waals surface area contributed by atoms with Gasteiger partial charge in [0.1, 0.15) is 0 Å². The van der Waals surface area contributed by atoms with Crippen LogP contribution in [0.1, 0.15) is 51.0 Å². The van der Waals surface area contributed by atoms with E-state index in [9.17, 15) is 0 Å². The van der Waals surface area contributed by atoms with Crippen molar-refractivity contribution in [2.24, 2.45) is 0 Å². The van der Waals surface area contributed by atoms with E-state index in [0.717, 1.165) is 17.3 Å². The summed E-state index contributed by atoms with van der Waals surface area (Å²) in [6.45, 7) is 11.5. The number of hydrogen-bond acceptors (Lipinski definition) is 3. The van der Waals surface area contributed by atoms with E-state index in [1.807, 2.05) is 0 Å². The minimum atomic E-state index is 0.562. The molecule has 0 saturated carbocycles. The van der Waals surface area contributed by atoms with Crippen LogP contribution in [-0.4, -0.2) is 72.2 Å². The summed E-state index contributed by atoms with van der Waals surface area (Å²) in [4.78, 5) is 7.49. The third kappa shape index (κ3) is 5.90. The van der Waals surface area contributed by atoms with Crippen LogP contribution < -0.4 is 5.32 Å². The van der Waals surface area contributed by atoms with Gasteiger partial charge in [-0.25, -0.2) is 0 Å². The third-order valence-corrected chi connectivity index (χ3v) is 6.43. The molecule has 0 bridgehead atoms. The van der Waals surface area contributed by atoms with E-state index in [2.05, 4.69) is 65.2 Å². The Morgan fingerprint density at radius 3 is 2.44 bits per heavy atom. The number of thiocarbonyl (C=S) groups is 1. The van der Waals surface area contributed by atoms with Crippen LogP contribution in [0.4, 0.5) is 5.69 Å². The molecule has 1 atom stereocenters. The Labute approximate surface area is 170 Å². The van der Waals surface area contributed by atoms with Gasteiger partial charge in [0.2, 0.25) is 0 Å². The molecule has 150 valence electrons. The zero-order chi connectivity index (χ0) is 19.2. The van der Waals surface area contributed by atoms with Gasteiger partial charge in [-0.15, -0.1) is 0 Å². The first kappa shape index (κ1) is 20.6. The largest absolute Gasteiger partial charge is 0.346 e. The van der Waals surface area contributed by atoms with Crippen molar-refractivity contribution < 1.29 is 0 Å². The highest BCUT2D eigenvalue weighted by Crippen LogP contribution is 2.23. The molecule has 1 aromatic rings. The zero-order valence-corrected chi connectivity index (χ0v) is 18.1. The predicted octanol–water partition coefficient (Wildman–Crippen LogP) is 4.00. The molecular weight excluding hydrogens is 352 g/mol. The van der Waals surface area contributed by atoms with E-state index in [1.54, 1.807) is 0 Å². The zero-order valence-electron chi connectivity index (χ0n) is 17.3. The fourth-order valence-electron chi connectivity index (χ4n) is 4.12. The summed E-state index contributed by atoms with van der Waals surface area (Å²) in [7, 11) is 2.22. The molecule has 1 N–H and O–H groups in total. The van der Waals surface area contributed by atoms with Crippen LogP contribution >= 0.6 is 12.2 Å². The van der Waals surface area contributed by atoms with Crippen LogP contribution in [0.15, 0.2) is 24.3 Å². The molecule has 2 aliphatic rings. The first-order valence-corrected chi connectivity index (χ1v) is 11.0. The highest BCUT2D eigenvalue weighted by atomic mass is 32.1. The summed E-state index contributed by atoms with van der Waals surface area (Å²) < 4.78 is 0. The van der Waals surface area contributed by atoms with Gasteiger partial charge in [0.05, 0.1) is 0 Å². The van der Waals surface area contributed by atoms with Crippen molar-refractivity contribution in [2.75, 3.05) is 51.6 Å². The molecular formula is C22H36N4S. The Balaban J connectivity index is 1.53. The van der Waals surface area contributed by atoms with Gasteiger partial charge < -0.3 is 20.0 Å². The maximum atomic E-state index is 5.80. The molecule has 2 heterocycles. The Hall–Kier alpha value is -1.17. The molecule has 4 nitrogen and oxygen atoms in total. The standard InChI is InChI=1S/C22H36N4S/c1-18(2)19-7-9-20(10-8-19)23-22(27)26-12-5-4-6-21(26)11-13-25-16-14-24(3)15-17-25/h7-10,18,21H,4-6,11-17H2,1-3H3,(H,23,27)/t21-/m0/s1.